The van der Waals surface area contributed by atoms with E-state index in [4.69, 9.17) is 19.0 Å². The highest BCUT2D eigenvalue weighted by molar-refractivity contribution is 6.62. The smallest absolute Gasteiger partial charge is 0.399 e. The molecule has 0 unspecified atom stereocenters. The van der Waals surface area contributed by atoms with Crippen LogP contribution in [0.15, 0.2) is 35.3 Å². The molecule has 242 valence electrons. The van der Waals surface area contributed by atoms with Gasteiger partial charge in [-0.2, -0.15) is 13.2 Å². The second-order valence-corrected chi connectivity index (χ2v) is 13.2. The van der Waals surface area contributed by atoms with Crippen molar-refractivity contribution in [1.82, 2.24) is 10.3 Å². The van der Waals surface area contributed by atoms with Gasteiger partial charge in [0.2, 0.25) is 0 Å². The van der Waals surface area contributed by atoms with Gasteiger partial charge in [-0.1, -0.05) is 12.1 Å². The van der Waals surface area contributed by atoms with Gasteiger partial charge in [0, 0.05) is 35.8 Å². The largest absolute Gasteiger partial charge is 0.494 e. The van der Waals surface area contributed by atoms with Gasteiger partial charge >= 0.3 is 13.3 Å². The van der Waals surface area contributed by atoms with Crippen LogP contribution in [-0.4, -0.2) is 66.7 Å². The molecule has 4 heterocycles. The number of ether oxygens (including phenoxy) is 1. The third kappa shape index (κ3) is 6.20. The molecule has 45 heavy (non-hydrogen) atoms. The maximum atomic E-state index is 13.4. The van der Waals surface area contributed by atoms with E-state index < -0.39 is 48.8 Å². The van der Waals surface area contributed by atoms with Crippen molar-refractivity contribution < 1.29 is 40.8 Å². The summed E-state index contributed by atoms with van der Waals surface area (Å²) in [7, 11) is -0.633. The predicted octanol–water partition coefficient (Wildman–Crippen LogP) is 4.97. The molecular formula is C31H36BF5N4O4. The average molecular weight is 634 g/mol. The van der Waals surface area contributed by atoms with E-state index in [2.05, 4.69) is 15.2 Å². The Morgan fingerprint density at radius 3 is 2.33 bits per heavy atom. The first-order valence-corrected chi connectivity index (χ1v) is 15.2. The van der Waals surface area contributed by atoms with Crippen LogP contribution in [0.5, 0.6) is 0 Å². The van der Waals surface area contributed by atoms with Crippen LogP contribution in [-0.2, 0) is 31.6 Å². The lowest BCUT2D eigenvalue weighted by molar-refractivity contribution is -0.141. The molecule has 8 nitrogen and oxygen atoms in total. The number of nitrogens with zero attached hydrogens (tertiary/aromatic N) is 3. The summed E-state index contributed by atoms with van der Waals surface area (Å²) in [6.07, 6.45) is -5.02. The number of halogens is 5. The van der Waals surface area contributed by atoms with Gasteiger partial charge in [0.1, 0.15) is 23.7 Å². The Kier molecular flexibility index (Phi) is 8.01. The summed E-state index contributed by atoms with van der Waals surface area (Å²) >= 11 is 0. The number of pyridine rings is 1. The molecule has 1 saturated carbocycles. The maximum absolute atomic E-state index is 13.4. The van der Waals surface area contributed by atoms with E-state index >= 15 is 0 Å². The van der Waals surface area contributed by atoms with Crippen molar-refractivity contribution >= 4 is 30.0 Å². The number of alkyl halides is 5. The zero-order chi connectivity index (χ0) is 32.4. The van der Waals surface area contributed by atoms with Gasteiger partial charge in [0.05, 0.1) is 23.5 Å². The molecule has 2 aromatic rings. The minimum absolute atomic E-state index is 0.0292. The fourth-order valence-electron chi connectivity index (χ4n) is 5.98. The molecule has 0 radical (unpaired) electrons. The predicted molar refractivity (Wildman–Crippen MR) is 158 cm³/mol. The lowest BCUT2D eigenvalue weighted by Gasteiger charge is -2.38. The van der Waals surface area contributed by atoms with Crippen molar-refractivity contribution in [2.24, 2.45) is 4.99 Å². The third-order valence-corrected chi connectivity index (χ3v) is 9.48. The molecule has 1 amide bonds. The van der Waals surface area contributed by atoms with Gasteiger partial charge in [-0.15, -0.1) is 0 Å². The standard InChI is InChI=1S/C31H36BF5N4O4/c1-28(2)29(3,4)45-32(44-28)20-8-7-19(16-43-17-24(33)34)22(15-20)41-13-11-30(12-14-41)27(42)39-26(40-30)21-9-10-23(31(35,36)37)38-25(21)18-5-6-18/h7-10,15,18,24H,5-6,11-14,16-17H2,1-4H3,(H,39,40,42). The SMILES string of the molecule is CC1(C)OB(c2ccc(COCC(F)F)c(N3CCC4(CC3)N=C(c3ccc(C(F)(F)F)nc3C3CC3)NC4=O)c2)OC1(C)C. The molecule has 6 rings (SSSR count). The fraction of sp³-hybridized carbons (Fsp3) is 0.581. The lowest BCUT2D eigenvalue weighted by atomic mass is 9.78. The highest BCUT2D eigenvalue weighted by Crippen LogP contribution is 2.43. The topological polar surface area (TPSA) is 85.3 Å². The number of aromatic nitrogens is 1. The van der Waals surface area contributed by atoms with Crippen molar-refractivity contribution in [2.75, 3.05) is 24.6 Å². The normalized spacial score (nSPS) is 22.4. The van der Waals surface area contributed by atoms with Crippen LogP contribution in [0, 0.1) is 0 Å². The second-order valence-electron chi connectivity index (χ2n) is 13.2. The molecule has 4 aliphatic rings. The van der Waals surface area contributed by atoms with E-state index in [1.165, 1.54) is 6.07 Å². The molecule has 1 aromatic heterocycles. The monoisotopic (exact) mass is 634 g/mol. The van der Waals surface area contributed by atoms with Crippen molar-refractivity contribution in [3.8, 4) is 0 Å². The second kappa shape index (κ2) is 11.3. The van der Waals surface area contributed by atoms with E-state index in [-0.39, 0.29) is 24.3 Å². The fourth-order valence-corrected chi connectivity index (χ4v) is 5.98. The molecule has 0 atom stereocenters. The molecule has 1 N–H and O–H groups in total. The van der Waals surface area contributed by atoms with Gasteiger partial charge in [0.15, 0.2) is 0 Å². The van der Waals surface area contributed by atoms with E-state index in [1.54, 1.807) is 0 Å². The third-order valence-electron chi connectivity index (χ3n) is 9.48. The first-order chi connectivity index (χ1) is 21.1. The number of amidine groups is 1. The Balaban J connectivity index is 1.25. The molecule has 1 spiro atoms. The van der Waals surface area contributed by atoms with Gasteiger partial charge in [-0.3, -0.25) is 9.79 Å². The molecule has 1 aliphatic carbocycles. The van der Waals surface area contributed by atoms with Crippen LogP contribution in [0.4, 0.5) is 27.6 Å². The number of hydrogen-bond acceptors (Lipinski definition) is 7. The quantitative estimate of drug-likeness (QED) is 0.326. The zero-order valence-electron chi connectivity index (χ0n) is 25.6. The summed E-state index contributed by atoms with van der Waals surface area (Å²) in [5.41, 5.74) is -0.179. The molecule has 1 aromatic carbocycles. The first-order valence-electron chi connectivity index (χ1n) is 15.2. The highest BCUT2D eigenvalue weighted by Gasteiger charge is 2.52. The number of hydrogen-bond donors (Lipinski definition) is 1. The van der Waals surface area contributed by atoms with Gasteiger partial charge < -0.3 is 24.3 Å². The average Bonchev–Trinajstić information content (AvgIpc) is 3.72. The van der Waals surface area contributed by atoms with Crippen molar-refractivity contribution in [2.45, 2.75) is 95.2 Å². The lowest BCUT2D eigenvalue weighted by Crippen LogP contribution is -2.49. The van der Waals surface area contributed by atoms with E-state index in [0.29, 0.717) is 42.8 Å². The number of carbonyl (C=O) groups excluding carboxylic acids is 1. The van der Waals surface area contributed by atoms with Crippen LogP contribution < -0.4 is 15.7 Å². The number of amides is 1. The minimum atomic E-state index is -4.57. The number of carbonyl (C=O) groups is 1. The Bertz CT molecular complexity index is 1490. The van der Waals surface area contributed by atoms with Crippen LogP contribution in [0.1, 0.15) is 81.8 Å². The number of rotatable bonds is 8. The Hall–Kier alpha value is -3.10. The van der Waals surface area contributed by atoms with Crippen molar-refractivity contribution in [3.05, 3.63) is 52.8 Å². The van der Waals surface area contributed by atoms with Crippen LogP contribution >= 0.6 is 0 Å². The summed E-state index contributed by atoms with van der Waals surface area (Å²) in [5.74, 6) is -0.145. The van der Waals surface area contributed by atoms with E-state index in [9.17, 15) is 26.7 Å². The summed E-state index contributed by atoms with van der Waals surface area (Å²) in [5, 5.41) is 2.83. The first kappa shape index (κ1) is 31.9. The Morgan fingerprint density at radius 1 is 1.07 bits per heavy atom. The number of anilines is 1. The summed E-state index contributed by atoms with van der Waals surface area (Å²) < 4.78 is 83.6. The number of aliphatic imine (C=N–C) groups is 1. The van der Waals surface area contributed by atoms with E-state index in [0.717, 1.165) is 30.1 Å². The molecule has 14 heteroatoms. The summed E-state index contributed by atoms with van der Waals surface area (Å²) in [6.45, 7) is 7.94. The van der Waals surface area contributed by atoms with Crippen LogP contribution in [0.2, 0.25) is 0 Å². The Morgan fingerprint density at radius 2 is 1.73 bits per heavy atom. The summed E-state index contributed by atoms with van der Waals surface area (Å²) in [4.78, 5) is 24.1. The minimum Gasteiger partial charge on any atom is -0.399 e. The molecule has 3 fully saturated rings. The van der Waals surface area contributed by atoms with Gasteiger partial charge in [-0.25, -0.2) is 13.8 Å². The number of benzene rings is 1. The van der Waals surface area contributed by atoms with Crippen LogP contribution in [0.25, 0.3) is 0 Å². The van der Waals surface area contributed by atoms with E-state index in [1.807, 2.05) is 45.9 Å². The highest BCUT2D eigenvalue weighted by atomic mass is 19.4. The number of nitrogens with one attached hydrogen (secondary N) is 1. The van der Waals surface area contributed by atoms with Crippen LogP contribution in [0.3, 0.4) is 0 Å². The van der Waals surface area contributed by atoms with Crippen molar-refractivity contribution in [3.63, 3.8) is 0 Å². The number of piperidine rings is 1. The van der Waals surface area contributed by atoms with Gasteiger partial charge in [-0.05, 0) is 77.0 Å². The Labute approximate surface area is 258 Å². The molecule has 3 aliphatic heterocycles. The molecule has 2 saturated heterocycles. The maximum Gasteiger partial charge on any atom is 0.494 e. The zero-order valence-corrected chi connectivity index (χ0v) is 25.6. The molecule has 0 bridgehead atoms. The molecular weight excluding hydrogens is 598 g/mol. The van der Waals surface area contributed by atoms with Gasteiger partial charge in [0.25, 0.3) is 12.3 Å². The van der Waals surface area contributed by atoms with Crippen molar-refractivity contribution in [1.29, 1.82) is 0 Å². The summed E-state index contributed by atoms with van der Waals surface area (Å²) in [6, 6.07) is 7.86.